The quantitative estimate of drug-likeness (QED) is 0.522. The molecule has 0 fully saturated rings. The molecule has 2 aromatic heterocycles. The zero-order valence-electron chi connectivity index (χ0n) is 14.6. The molecule has 1 aromatic carbocycles. The minimum Gasteiger partial charge on any atom is -0.307 e. The molecule has 134 valence electrons. The minimum absolute atomic E-state index is 0.123. The van der Waals surface area contributed by atoms with Crippen molar-refractivity contribution in [3.63, 3.8) is 0 Å². The third-order valence-electron chi connectivity index (χ3n) is 4.00. The van der Waals surface area contributed by atoms with E-state index in [2.05, 4.69) is 15.5 Å². The van der Waals surface area contributed by atoms with Crippen molar-refractivity contribution in [2.24, 2.45) is 19.2 Å². The Bertz CT molecular complexity index is 1120. The molecule has 9 heteroatoms. The number of carbonyl (C=O) groups excluding carboxylic acids is 1. The van der Waals surface area contributed by atoms with Gasteiger partial charge in [-0.1, -0.05) is 29.8 Å². The maximum Gasteiger partial charge on any atom is 0.332 e. The normalized spacial score (nSPS) is 11.3. The smallest absolute Gasteiger partial charge is 0.307 e. The van der Waals surface area contributed by atoms with Gasteiger partial charge in [0, 0.05) is 14.1 Å². The zero-order valence-corrected chi connectivity index (χ0v) is 14.6. The molecule has 0 aliphatic carbocycles. The second kappa shape index (κ2) is 6.79. The van der Waals surface area contributed by atoms with Crippen LogP contribution in [0.25, 0.3) is 11.2 Å². The standard InChI is InChI=1S/C17H18N6O3/c1-11-4-6-12(7-5-11)8-19-20-13(24)9-23-10-18-14-15(23)21(2)17(26)22(3)16(14)25/h4-8,10H,9H2,1-3H3,(H,20,24)/b19-8+. The number of hydrogen-bond acceptors (Lipinski definition) is 5. The Morgan fingerprint density at radius 1 is 1.19 bits per heavy atom. The fourth-order valence-corrected chi connectivity index (χ4v) is 2.58. The number of hydrazone groups is 1. The molecule has 1 amide bonds. The highest BCUT2D eigenvalue weighted by atomic mass is 16.2. The molecule has 2 heterocycles. The lowest BCUT2D eigenvalue weighted by atomic mass is 10.2. The monoisotopic (exact) mass is 354 g/mol. The first-order chi connectivity index (χ1) is 12.4. The van der Waals surface area contributed by atoms with Gasteiger partial charge < -0.3 is 4.57 Å². The van der Waals surface area contributed by atoms with E-state index >= 15 is 0 Å². The first-order valence-corrected chi connectivity index (χ1v) is 7.88. The number of aryl methyl sites for hydroxylation is 2. The summed E-state index contributed by atoms with van der Waals surface area (Å²) in [6, 6.07) is 7.67. The molecule has 3 aromatic rings. The molecule has 0 aliphatic heterocycles. The Labute approximate surface area is 148 Å². The second-order valence-electron chi connectivity index (χ2n) is 5.95. The van der Waals surface area contributed by atoms with Crippen LogP contribution in [0.1, 0.15) is 11.1 Å². The lowest BCUT2D eigenvalue weighted by Crippen LogP contribution is -2.37. The van der Waals surface area contributed by atoms with Gasteiger partial charge in [0.15, 0.2) is 5.52 Å². The SMILES string of the molecule is Cc1ccc(/C=N/NC(=O)Cn2cnc3c(=O)n(C)c(=O)n(C)c32)cc1. The van der Waals surface area contributed by atoms with Gasteiger partial charge in [0.1, 0.15) is 12.2 Å². The number of benzene rings is 1. The fourth-order valence-electron chi connectivity index (χ4n) is 2.58. The highest BCUT2D eigenvalue weighted by molar-refractivity contribution is 5.83. The van der Waals surface area contributed by atoms with Gasteiger partial charge in [-0.25, -0.2) is 15.2 Å². The number of aromatic nitrogens is 4. The average molecular weight is 354 g/mol. The molecule has 3 rings (SSSR count). The van der Waals surface area contributed by atoms with E-state index in [1.54, 1.807) is 0 Å². The zero-order chi connectivity index (χ0) is 18.8. The largest absolute Gasteiger partial charge is 0.332 e. The fraction of sp³-hybridized carbons (Fsp3) is 0.235. The molecule has 9 nitrogen and oxygen atoms in total. The lowest BCUT2D eigenvalue weighted by Gasteiger charge is -2.07. The minimum atomic E-state index is -0.500. The van der Waals surface area contributed by atoms with Crippen LogP contribution in [0.5, 0.6) is 0 Å². The Morgan fingerprint density at radius 3 is 2.58 bits per heavy atom. The Kier molecular flexibility index (Phi) is 4.53. The van der Waals surface area contributed by atoms with Crippen LogP contribution in [0.3, 0.4) is 0 Å². The number of rotatable bonds is 4. The maximum absolute atomic E-state index is 12.1. The van der Waals surface area contributed by atoms with Crippen LogP contribution in [0.2, 0.25) is 0 Å². The van der Waals surface area contributed by atoms with Gasteiger partial charge in [-0.3, -0.25) is 18.7 Å². The molecular formula is C17H18N6O3. The summed E-state index contributed by atoms with van der Waals surface area (Å²) >= 11 is 0. The molecule has 0 unspecified atom stereocenters. The predicted molar refractivity (Wildman–Crippen MR) is 97.1 cm³/mol. The third kappa shape index (κ3) is 3.18. The van der Waals surface area contributed by atoms with Crippen molar-refractivity contribution in [1.82, 2.24) is 24.1 Å². The number of carbonyl (C=O) groups is 1. The van der Waals surface area contributed by atoms with Crippen LogP contribution < -0.4 is 16.7 Å². The molecule has 0 aliphatic rings. The van der Waals surface area contributed by atoms with Crippen molar-refractivity contribution in [3.8, 4) is 0 Å². The molecule has 0 atom stereocenters. The van der Waals surface area contributed by atoms with Gasteiger partial charge in [-0.15, -0.1) is 0 Å². The second-order valence-corrected chi connectivity index (χ2v) is 5.95. The van der Waals surface area contributed by atoms with E-state index in [0.29, 0.717) is 0 Å². The Morgan fingerprint density at radius 2 is 1.88 bits per heavy atom. The molecule has 26 heavy (non-hydrogen) atoms. The molecule has 0 saturated heterocycles. The highest BCUT2D eigenvalue weighted by Gasteiger charge is 2.15. The molecular weight excluding hydrogens is 336 g/mol. The highest BCUT2D eigenvalue weighted by Crippen LogP contribution is 2.05. The van der Waals surface area contributed by atoms with Gasteiger partial charge in [-0.2, -0.15) is 5.10 Å². The summed E-state index contributed by atoms with van der Waals surface area (Å²) in [6.07, 6.45) is 2.89. The summed E-state index contributed by atoms with van der Waals surface area (Å²) in [4.78, 5) is 40.3. The number of nitrogens with one attached hydrogen (secondary N) is 1. The van der Waals surface area contributed by atoms with Gasteiger partial charge in [-0.05, 0) is 12.5 Å². The van der Waals surface area contributed by atoms with E-state index in [4.69, 9.17) is 0 Å². The van der Waals surface area contributed by atoms with Crippen molar-refractivity contribution >= 4 is 23.3 Å². The number of imidazole rings is 1. The van der Waals surface area contributed by atoms with Crippen LogP contribution >= 0.6 is 0 Å². The Hall–Kier alpha value is -3.49. The molecule has 0 saturated carbocycles. The van der Waals surface area contributed by atoms with Crippen molar-refractivity contribution in [3.05, 3.63) is 62.6 Å². The Balaban J connectivity index is 1.79. The maximum atomic E-state index is 12.1. The number of nitrogens with zero attached hydrogens (tertiary/aromatic N) is 5. The lowest BCUT2D eigenvalue weighted by molar-refractivity contribution is -0.121. The predicted octanol–water partition coefficient (Wildman–Crippen LogP) is -0.108. The van der Waals surface area contributed by atoms with E-state index in [9.17, 15) is 14.4 Å². The first kappa shape index (κ1) is 17.3. The molecule has 1 N–H and O–H groups in total. The van der Waals surface area contributed by atoms with Crippen molar-refractivity contribution in [1.29, 1.82) is 0 Å². The van der Waals surface area contributed by atoms with E-state index < -0.39 is 17.2 Å². The van der Waals surface area contributed by atoms with Crippen molar-refractivity contribution in [2.45, 2.75) is 13.5 Å². The molecule has 0 radical (unpaired) electrons. The third-order valence-corrected chi connectivity index (χ3v) is 4.00. The van der Waals surface area contributed by atoms with Crippen LogP contribution in [0, 0.1) is 6.92 Å². The van der Waals surface area contributed by atoms with Gasteiger partial charge in [0.05, 0.1) is 12.5 Å². The van der Waals surface area contributed by atoms with Crippen LogP contribution in [0.15, 0.2) is 45.3 Å². The van der Waals surface area contributed by atoms with Crippen molar-refractivity contribution < 1.29 is 4.79 Å². The van der Waals surface area contributed by atoms with Crippen LogP contribution in [-0.4, -0.2) is 30.8 Å². The van der Waals surface area contributed by atoms with E-state index in [1.165, 1.54) is 35.8 Å². The number of fused-ring (bicyclic) bond motifs is 1. The first-order valence-electron chi connectivity index (χ1n) is 7.88. The summed E-state index contributed by atoms with van der Waals surface area (Å²) in [5.74, 6) is -0.402. The average Bonchev–Trinajstić information content (AvgIpc) is 3.03. The number of hydrogen-bond donors (Lipinski definition) is 1. The number of amides is 1. The molecule has 0 spiro atoms. The van der Waals surface area contributed by atoms with E-state index in [-0.39, 0.29) is 17.7 Å². The summed E-state index contributed by atoms with van der Waals surface area (Å²) in [7, 11) is 2.91. The molecule has 0 bridgehead atoms. The van der Waals surface area contributed by atoms with Crippen LogP contribution in [0.4, 0.5) is 0 Å². The van der Waals surface area contributed by atoms with Gasteiger partial charge >= 0.3 is 5.69 Å². The van der Waals surface area contributed by atoms with Gasteiger partial charge in [0.25, 0.3) is 11.5 Å². The summed E-state index contributed by atoms with van der Waals surface area (Å²) in [5, 5.41) is 3.91. The summed E-state index contributed by atoms with van der Waals surface area (Å²) in [6.45, 7) is 1.86. The van der Waals surface area contributed by atoms with E-state index in [0.717, 1.165) is 15.7 Å². The van der Waals surface area contributed by atoms with E-state index in [1.807, 2.05) is 31.2 Å². The van der Waals surface area contributed by atoms with Crippen molar-refractivity contribution in [2.75, 3.05) is 0 Å². The topological polar surface area (TPSA) is 103 Å². The van der Waals surface area contributed by atoms with Gasteiger partial charge in [0.2, 0.25) is 0 Å². The summed E-state index contributed by atoms with van der Waals surface area (Å²) < 4.78 is 3.70. The summed E-state index contributed by atoms with van der Waals surface area (Å²) in [5.41, 5.74) is 3.84. The van der Waals surface area contributed by atoms with Crippen LogP contribution in [-0.2, 0) is 25.4 Å².